The number of anilines is 1. The predicted molar refractivity (Wildman–Crippen MR) is 181 cm³/mol. The van der Waals surface area contributed by atoms with Crippen LogP contribution in [-0.2, 0) is 32.6 Å². The van der Waals surface area contributed by atoms with Crippen molar-refractivity contribution in [3.05, 3.63) is 130 Å². The van der Waals surface area contributed by atoms with Crippen molar-refractivity contribution >= 4 is 39.1 Å². The van der Waals surface area contributed by atoms with E-state index in [4.69, 9.17) is 11.6 Å². The van der Waals surface area contributed by atoms with Crippen molar-refractivity contribution in [1.29, 1.82) is 0 Å². The summed E-state index contributed by atoms with van der Waals surface area (Å²) in [6, 6.07) is 29.1. The number of carbonyl (C=O) groups is 2. The van der Waals surface area contributed by atoms with Gasteiger partial charge in [-0.1, -0.05) is 96.9 Å². The molecular formula is C36H40ClN3O4S. The summed E-state index contributed by atoms with van der Waals surface area (Å²) < 4.78 is 29.4. The number of nitrogens with zero attached hydrogens (tertiary/aromatic N) is 2. The Kier molecular flexibility index (Phi) is 11.4. The van der Waals surface area contributed by atoms with Gasteiger partial charge in [0.2, 0.25) is 11.8 Å². The van der Waals surface area contributed by atoms with E-state index in [-0.39, 0.29) is 29.8 Å². The van der Waals surface area contributed by atoms with Crippen LogP contribution >= 0.6 is 11.6 Å². The average Bonchev–Trinajstić information content (AvgIpc) is 3.02. The first-order valence-electron chi connectivity index (χ1n) is 15.0. The second-order valence-corrected chi connectivity index (χ2v) is 13.6. The van der Waals surface area contributed by atoms with Crippen molar-refractivity contribution in [3.8, 4) is 0 Å². The van der Waals surface area contributed by atoms with Gasteiger partial charge in [0.05, 0.1) is 10.6 Å². The Bertz CT molecular complexity index is 1720. The van der Waals surface area contributed by atoms with Crippen LogP contribution in [0.1, 0.15) is 42.5 Å². The molecule has 1 N–H and O–H groups in total. The van der Waals surface area contributed by atoms with E-state index in [0.29, 0.717) is 22.7 Å². The first-order valence-corrected chi connectivity index (χ1v) is 16.8. The minimum atomic E-state index is -4.18. The molecule has 0 spiro atoms. The molecule has 0 saturated heterocycles. The number of amides is 2. The van der Waals surface area contributed by atoms with Crippen LogP contribution in [0.2, 0.25) is 5.02 Å². The minimum Gasteiger partial charge on any atom is -0.352 e. The Hall–Kier alpha value is -4.14. The lowest BCUT2D eigenvalue weighted by Crippen LogP contribution is -2.54. The highest BCUT2D eigenvalue weighted by Gasteiger charge is 2.35. The summed E-state index contributed by atoms with van der Waals surface area (Å²) in [6.45, 7) is 7.21. The van der Waals surface area contributed by atoms with Gasteiger partial charge in [0.1, 0.15) is 12.6 Å². The van der Waals surface area contributed by atoms with E-state index in [1.165, 1.54) is 17.0 Å². The lowest BCUT2D eigenvalue weighted by molar-refractivity contribution is -0.140. The van der Waals surface area contributed by atoms with Crippen LogP contribution in [-0.4, -0.2) is 43.8 Å². The molecule has 2 atom stereocenters. The summed E-state index contributed by atoms with van der Waals surface area (Å²) in [5, 5.41) is 3.51. The Balaban J connectivity index is 1.83. The van der Waals surface area contributed by atoms with E-state index < -0.39 is 28.5 Å². The Morgan fingerprint density at radius 1 is 0.844 bits per heavy atom. The average molecular weight is 646 g/mol. The van der Waals surface area contributed by atoms with Gasteiger partial charge in [0.15, 0.2) is 0 Å². The van der Waals surface area contributed by atoms with Crippen molar-refractivity contribution in [2.75, 3.05) is 10.8 Å². The molecule has 0 aromatic heterocycles. The highest BCUT2D eigenvalue weighted by Crippen LogP contribution is 2.29. The number of nitrogens with one attached hydrogen (secondary N) is 1. The van der Waals surface area contributed by atoms with Crippen molar-refractivity contribution in [1.82, 2.24) is 10.2 Å². The first kappa shape index (κ1) is 33.7. The molecule has 2 amide bonds. The third-order valence-corrected chi connectivity index (χ3v) is 9.75. The summed E-state index contributed by atoms with van der Waals surface area (Å²) in [7, 11) is -4.18. The second kappa shape index (κ2) is 15.2. The second-order valence-electron chi connectivity index (χ2n) is 11.3. The van der Waals surface area contributed by atoms with Gasteiger partial charge in [-0.05, 0) is 74.2 Å². The lowest BCUT2D eigenvalue weighted by atomic mass is 10.0. The number of carbonyl (C=O) groups excluding carboxylic acids is 2. The summed E-state index contributed by atoms with van der Waals surface area (Å²) >= 11 is 6.23. The number of aryl methyl sites for hydroxylation is 2. The third-order valence-electron chi connectivity index (χ3n) is 7.75. The monoisotopic (exact) mass is 645 g/mol. The molecule has 0 radical (unpaired) electrons. The lowest BCUT2D eigenvalue weighted by Gasteiger charge is -2.34. The first-order chi connectivity index (χ1) is 21.5. The smallest absolute Gasteiger partial charge is 0.264 e. The van der Waals surface area contributed by atoms with E-state index >= 15 is 0 Å². The molecule has 0 fully saturated rings. The Morgan fingerprint density at radius 3 is 2.11 bits per heavy atom. The quantitative estimate of drug-likeness (QED) is 0.175. The van der Waals surface area contributed by atoms with Crippen LogP contribution in [0.15, 0.2) is 108 Å². The van der Waals surface area contributed by atoms with Crippen LogP contribution in [0, 0.1) is 13.8 Å². The van der Waals surface area contributed by atoms with E-state index in [9.17, 15) is 18.0 Å². The molecule has 9 heteroatoms. The molecule has 4 rings (SSSR count). The zero-order chi connectivity index (χ0) is 32.6. The van der Waals surface area contributed by atoms with E-state index in [1.54, 1.807) is 43.3 Å². The van der Waals surface area contributed by atoms with Crippen molar-refractivity contribution in [3.63, 3.8) is 0 Å². The molecule has 4 aromatic carbocycles. The number of rotatable bonds is 13. The maximum atomic E-state index is 14.6. The summed E-state index contributed by atoms with van der Waals surface area (Å²) in [5.74, 6) is -0.806. The summed E-state index contributed by atoms with van der Waals surface area (Å²) in [5.41, 5.74) is 3.64. The number of sulfonamides is 1. The normalized spacial score (nSPS) is 12.6. The van der Waals surface area contributed by atoms with Crippen LogP contribution in [0.25, 0.3) is 0 Å². The molecule has 0 unspecified atom stereocenters. The van der Waals surface area contributed by atoms with Crippen LogP contribution in [0.4, 0.5) is 5.69 Å². The fraction of sp³-hybridized carbons (Fsp3) is 0.278. The maximum Gasteiger partial charge on any atom is 0.264 e. The fourth-order valence-electron chi connectivity index (χ4n) is 5.13. The Morgan fingerprint density at radius 2 is 1.49 bits per heavy atom. The van der Waals surface area contributed by atoms with Gasteiger partial charge in [0.25, 0.3) is 10.0 Å². The Labute approximate surface area is 271 Å². The third kappa shape index (κ3) is 8.74. The van der Waals surface area contributed by atoms with Gasteiger partial charge in [0, 0.05) is 24.0 Å². The minimum absolute atomic E-state index is 0.0488. The zero-order valence-electron chi connectivity index (χ0n) is 26.1. The topological polar surface area (TPSA) is 86.8 Å². The predicted octanol–water partition coefficient (Wildman–Crippen LogP) is 6.71. The fourth-order valence-corrected chi connectivity index (χ4v) is 6.86. The highest BCUT2D eigenvalue weighted by atomic mass is 35.5. The van der Waals surface area contributed by atoms with Gasteiger partial charge in [-0.25, -0.2) is 8.42 Å². The number of benzene rings is 4. The molecule has 0 saturated carbocycles. The van der Waals surface area contributed by atoms with Crippen LogP contribution in [0.3, 0.4) is 0 Å². The van der Waals surface area contributed by atoms with Crippen molar-refractivity contribution in [2.24, 2.45) is 0 Å². The van der Waals surface area contributed by atoms with Gasteiger partial charge in [-0.15, -0.1) is 0 Å². The molecule has 45 heavy (non-hydrogen) atoms. The molecule has 0 bridgehead atoms. The molecule has 7 nitrogen and oxygen atoms in total. The van der Waals surface area contributed by atoms with Gasteiger partial charge in [-0.2, -0.15) is 0 Å². The van der Waals surface area contributed by atoms with Crippen molar-refractivity contribution < 1.29 is 18.0 Å². The van der Waals surface area contributed by atoms with E-state index in [0.717, 1.165) is 21.0 Å². The molecule has 0 aliphatic carbocycles. The SMILES string of the molecule is CC[C@H](C)NC(=O)[C@@H](Cc1ccccc1)N(Cc1cccc(C)c1)C(=O)CN(c1ccc(Cl)cc1C)S(=O)(=O)c1ccccc1. The number of halogens is 1. The number of hydrogen-bond donors (Lipinski definition) is 1. The van der Waals surface area contributed by atoms with E-state index in [1.807, 2.05) is 75.4 Å². The molecule has 0 aliphatic rings. The molecule has 0 aliphatic heterocycles. The molecule has 0 heterocycles. The van der Waals surface area contributed by atoms with Gasteiger partial charge in [-0.3, -0.25) is 13.9 Å². The largest absolute Gasteiger partial charge is 0.352 e. The molecular weight excluding hydrogens is 606 g/mol. The van der Waals surface area contributed by atoms with Gasteiger partial charge < -0.3 is 10.2 Å². The molecule has 4 aromatic rings. The number of hydrogen-bond acceptors (Lipinski definition) is 4. The summed E-state index contributed by atoms with van der Waals surface area (Å²) in [6.07, 6.45) is 0.973. The van der Waals surface area contributed by atoms with Gasteiger partial charge >= 0.3 is 0 Å². The molecule has 236 valence electrons. The summed E-state index contributed by atoms with van der Waals surface area (Å²) in [4.78, 5) is 30.1. The van der Waals surface area contributed by atoms with E-state index in [2.05, 4.69) is 5.32 Å². The zero-order valence-corrected chi connectivity index (χ0v) is 27.7. The maximum absolute atomic E-state index is 14.6. The van der Waals surface area contributed by atoms with Crippen molar-refractivity contribution in [2.45, 2.75) is 64.1 Å². The highest BCUT2D eigenvalue weighted by molar-refractivity contribution is 7.92. The van der Waals surface area contributed by atoms with Crippen LogP contribution < -0.4 is 9.62 Å². The van der Waals surface area contributed by atoms with Crippen LogP contribution in [0.5, 0.6) is 0 Å². The standard InChI is InChI=1S/C36H40ClN3O4S/c1-5-28(4)38-36(42)34(23-29-14-8-6-9-15-29)39(24-30-16-12-13-26(2)21-30)35(41)25-40(33-20-19-31(37)22-27(33)3)45(43,44)32-17-10-7-11-18-32/h6-22,28,34H,5,23-25H2,1-4H3,(H,38,42)/t28-,34+/m0/s1.